The van der Waals surface area contributed by atoms with Crippen LogP contribution in [-0.2, 0) is 0 Å². The number of piperazine rings is 1. The van der Waals surface area contributed by atoms with Gasteiger partial charge in [0.1, 0.15) is 6.04 Å². The van der Waals surface area contributed by atoms with E-state index in [1.165, 1.54) is 4.90 Å². The molecule has 2 fully saturated rings. The molecule has 2 aliphatic rings. The van der Waals surface area contributed by atoms with Crippen molar-refractivity contribution in [1.82, 2.24) is 25.7 Å². The first kappa shape index (κ1) is 21.8. The van der Waals surface area contributed by atoms with E-state index in [0.29, 0.717) is 24.2 Å². The third-order valence-electron chi connectivity index (χ3n) is 5.30. The minimum Gasteiger partial charge on any atom is -0.350 e. The highest BCUT2D eigenvalue weighted by atomic mass is 35.5. The monoisotopic (exact) mass is 433 g/mol. The van der Waals surface area contributed by atoms with Gasteiger partial charge in [0.2, 0.25) is 0 Å². The number of hydrogen-bond donors (Lipinski definition) is 2. The van der Waals surface area contributed by atoms with Gasteiger partial charge >= 0.3 is 6.18 Å². The summed E-state index contributed by atoms with van der Waals surface area (Å²) in [5.41, 5.74) is 1.74. The lowest BCUT2D eigenvalue weighted by atomic mass is 10.1. The van der Waals surface area contributed by atoms with Crippen molar-refractivity contribution in [1.29, 1.82) is 0 Å². The molecule has 1 unspecified atom stereocenters. The Morgan fingerprint density at radius 1 is 1.38 bits per heavy atom. The van der Waals surface area contributed by atoms with Gasteiger partial charge in [0.25, 0.3) is 11.6 Å². The minimum atomic E-state index is -4.43. The normalized spacial score (nSPS) is 19.0. The van der Waals surface area contributed by atoms with Crippen LogP contribution in [-0.4, -0.2) is 65.9 Å². The van der Waals surface area contributed by atoms with Crippen LogP contribution in [0, 0.1) is 6.92 Å². The van der Waals surface area contributed by atoms with Crippen molar-refractivity contribution < 1.29 is 22.5 Å². The molecule has 1 saturated heterocycles. The number of hydrogen-bond acceptors (Lipinski definition) is 6. The minimum absolute atomic E-state index is 0. The van der Waals surface area contributed by atoms with Crippen LogP contribution in [0.15, 0.2) is 10.6 Å². The topological polar surface area (TPSA) is 83.3 Å². The Morgan fingerprint density at radius 2 is 2.07 bits per heavy atom. The zero-order chi connectivity index (χ0) is 19.9. The Kier molecular flexibility index (Phi) is 6.35. The SMILES string of the molecule is Cc1noc2nc(C3CC3)cc(C(=O)NCC(N3CCNCC3)C(F)(F)F)c12.Cl. The number of halogens is 4. The van der Waals surface area contributed by atoms with Crippen molar-refractivity contribution in [3.8, 4) is 0 Å². The molecule has 4 rings (SSSR count). The third-order valence-corrected chi connectivity index (χ3v) is 5.30. The highest BCUT2D eigenvalue weighted by molar-refractivity contribution is 6.06. The van der Waals surface area contributed by atoms with E-state index in [-0.39, 0.29) is 42.7 Å². The fraction of sp³-hybridized carbons (Fsp3) is 0.611. The average Bonchev–Trinajstić information content (AvgIpc) is 3.44. The van der Waals surface area contributed by atoms with Crippen molar-refractivity contribution in [2.45, 2.75) is 37.9 Å². The van der Waals surface area contributed by atoms with Gasteiger partial charge in [-0.2, -0.15) is 13.2 Å². The molecule has 0 spiro atoms. The van der Waals surface area contributed by atoms with Crippen molar-refractivity contribution in [2.24, 2.45) is 0 Å². The molecule has 2 aromatic heterocycles. The number of alkyl halides is 3. The molecule has 7 nitrogen and oxygen atoms in total. The summed E-state index contributed by atoms with van der Waals surface area (Å²) in [4.78, 5) is 18.6. The molecule has 1 atom stereocenters. The maximum absolute atomic E-state index is 13.6. The van der Waals surface area contributed by atoms with E-state index in [9.17, 15) is 18.0 Å². The van der Waals surface area contributed by atoms with Crippen LogP contribution in [0.2, 0.25) is 0 Å². The largest absolute Gasteiger partial charge is 0.405 e. The maximum Gasteiger partial charge on any atom is 0.405 e. The molecular formula is C18H23ClF3N5O2. The Labute approximate surface area is 171 Å². The van der Waals surface area contributed by atoms with Gasteiger partial charge in [-0.25, -0.2) is 4.98 Å². The number of carbonyl (C=O) groups is 1. The molecule has 2 aromatic rings. The van der Waals surface area contributed by atoms with E-state index in [1.54, 1.807) is 13.0 Å². The van der Waals surface area contributed by atoms with Crippen molar-refractivity contribution in [3.05, 3.63) is 23.0 Å². The molecule has 1 aliphatic carbocycles. The highest BCUT2D eigenvalue weighted by Gasteiger charge is 2.44. The van der Waals surface area contributed by atoms with Crippen LogP contribution in [0.4, 0.5) is 13.2 Å². The summed E-state index contributed by atoms with van der Waals surface area (Å²) < 4.78 is 45.9. The number of fused-ring (bicyclic) bond motifs is 1. The second-order valence-corrected chi connectivity index (χ2v) is 7.37. The molecule has 1 amide bonds. The Morgan fingerprint density at radius 3 is 2.69 bits per heavy atom. The summed E-state index contributed by atoms with van der Waals surface area (Å²) >= 11 is 0. The van der Waals surface area contributed by atoms with Crippen LogP contribution in [0.5, 0.6) is 0 Å². The number of nitrogens with one attached hydrogen (secondary N) is 2. The van der Waals surface area contributed by atoms with Gasteiger partial charge in [-0.1, -0.05) is 5.16 Å². The number of aryl methyl sites for hydroxylation is 1. The number of aromatic nitrogens is 2. The van der Waals surface area contributed by atoms with Gasteiger partial charge < -0.3 is 15.2 Å². The van der Waals surface area contributed by atoms with Gasteiger partial charge in [0.15, 0.2) is 0 Å². The van der Waals surface area contributed by atoms with Crippen LogP contribution in [0.3, 0.4) is 0 Å². The Balaban J connectivity index is 0.00000240. The highest BCUT2D eigenvalue weighted by Crippen LogP contribution is 2.40. The first-order chi connectivity index (χ1) is 13.3. The number of pyridine rings is 1. The van der Waals surface area contributed by atoms with Crippen molar-refractivity contribution >= 4 is 29.4 Å². The summed E-state index contributed by atoms with van der Waals surface area (Å²) in [6.45, 7) is 2.74. The van der Waals surface area contributed by atoms with Crippen LogP contribution in [0.1, 0.15) is 40.5 Å². The standard InChI is InChI=1S/C18H22F3N5O2.ClH/c1-10-15-12(8-13(11-2-3-11)24-17(15)28-25-10)16(27)23-9-14(18(19,20)21)26-6-4-22-5-7-26;/h8,11,14,22H,2-7,9H2,1H3,(H,23,27);1H. The van der Waals surface area contributed by atoms with Crippen LogP contribution >= 0.6 is 12.4 Å². The van der Waals surface area contributed by atoms with E-state index >= 15 is 0 Å². The molecule has 160 valence electrons. The summed E-state index contributed by atoms with van der Waals surface area (Å²) in [6.07, 6.45) is -2.47. The molecular weight excluding hydrogens is 411 g/mol. The van der Waals surface area contributed by atoms with Crippen LogP contribution in [0.25, 0.3) is 11.1 Å². The zero-order valence-corrected chi connectivity index (χ0v) is 16.7. The third kappa shape index (κ3) is 4.65. The zero-order valence-electron chi connectivity index (χ0n) is 15.9. The van der Waals surface area contributed by atoms with Gasteiger partial charge in [-0.05, 0) is 25.8 Å². The molecule has 1 aliphatic heterocycles. The van der Waals surface area contributed by atoms with E-state index in [2.05, 4.69) is 20.8 Å². The number of rotatable bonds is 5. The molecule has 2 N–H and O–H groups in total. The van der Waals surface area contributed by atoms with Gasteiger partial charge in [-0.3, -0.25) is 9.69 Å². The van der Waals surface area contributed by atoms with E-state index in [0.717, 1.165) is 18.5 Å². The second-order valence-electron chi connectivity index (χ2n) is 7.37. The number of amides is 1. The Hall–Kier alpha value is -1.91. The lowest BCUT2D eigenvalue weighted by molar-refractivity contribution is -0.183. The van der Waals surface area contributed by atoms with E-state index in [1.807, 2.05) is 0 Å². The van der Waals surface area contributed by atoms with Gasteiger partial charge in [0.05, 0.1) is 16.6 Å². The molecule has 0 aromatic carbocycles. The molecule has 1 saturated carbocycles. The predicted molar refractivity (Wildman–Crippen MR) is 102 cm³/mol. The molecule has 29 heavy (non-hydrogen) atoms. The number of nitrogens with zero attached hydrogens (tertiary/aromatic N) is 3. The Bertz CT molecular complexity index is 878. The first-order valence-corrected chi connectivity index (χ1v) is 9.41. The van der Waals surface area contributed by atoms with E-state index < -0.39 is 24.7 Å². The molecule has 0 bridgehead atoms. The fourth-order valence-corrected chi connectivity index (χ4v) is 3.61. The maximum atomic E-state index is 13.6. The fourth-order valence-electron chi connectivity index (χ4n) is 3.61. The summed E-state index contributed by atoms with van der Waals surface area (Å²) in [6, 6.07) is -0.0604. The van der Waals surface area contributed by atoms with Gasteiger partial charge in [0, 0.05) is 44.3 Å². The van der Waals surface area contributed by atoms with Crippen LogP contribution < -0.4 is 10.6 Å². The predicted octanol–water partition coefficient (Wildman–Crippen LogP) is 2.40. The lowest BCUT2D eigenvalue weighted by Gasteiger charge is -2.35. The average molecular weight is 434 g/mol. The van der Waals surface area contributed by atoms with Crippen molar-refractivity contribution in [3.63, 3.8) is 0 Å². The molecule has 11 heteroatoms. The van der Waals surface area contributed by atoms with E-state index in [4.69, 9.17) is 4.52 Å². The quantitative estimate of drug-likeness (QED) is 0.753. The summed E-state index contributed by atoms with van der Waals surface area (Å²) in [5, 5.41) is 9.82. The van der Waals surface area contributed by atoms with Gasteiger partial charge in [-0.15, -0.1) is 12.4 Å². The smallest absolute Gasteiger partial charge is 0.350 e. The summed E-state index contributed by atoms with van der Waals surface area (Å²) in [5.74, 6) is -0.296. The molecule has 0 radical (unpaired) electrons. The van der Waals surface area contributed by atoms with Crippen molar-refractivity contribution in [2.75, 3.05) is 32.7 Å². The molecule has 3 heterocycles. The number of carbonyl (C=O) groups excluding carboxylic acids is 1. The lowest BCUT2D eigenvalue weighted by Crippen LogP contribution is -2.57. The second kappa shape index (κ2) is 8.45. The summed E-state index contributed by atoms with van der Waals surface area (Å²) in [7, 11) is 0. The first-order valence-electron chi connectivity index (χ1n) is 9.41.